The predicted octanol–water partition coefficient (Wildman–Crippen LogP) is 7.08. The Morgan fingerprint density at radius 1 is 0.711 bits per heavy atom. The Balaban J connectivity index is 1.58. The SMILES string of the molecule is CC(c1ccc2cc(OCCCCCC(=O)O)ccc2c1)P(=O)(Oc1ccc(S(C)(=O)=O)cc1)Oc1ccc(S(C)(=O)=O)cc1. The molecule has 45 heavy (non-hydrogen) atoms. The third-order valence-corrected chi connectivity index (χ3v) is 11.5. The van der Waals surface area contributed by atoms with Crippen molar-refractivity contribution in [3.63, 3.8) is 0 Å². The molecule has 4 aromatic carbocycles. The Morgan fingerprint density at radius 2 is 1.20 bits per heavy atom. The normalized spacial score (nSPS) is 12.9. The molecule has 0 saturated heterocycles. The largest absolute Gasteiger partial charge is 0.494 e. The van der Waals surface area contributed by atoms with Gasteiger partial charge in [0.05, 0.1) is 16.4 Å². The fourth-order valence-corrected chi connectivity index (χ4v) is 7.46. The highest BCUT2D eigenvalue weighted by molar-refractivity contribution is 7.91. The van der Waals surface area contributed by atoms with Crippen molar-refractivity contribution in [3.05, 3.63) is 90.5 Å². The van der Waals surface area contributed by atoms with Crippen LogP contribution in [0.5, 0.6) is 17.2 Å². The lowest BCUT2D eigenvalue weighted by Crippen LogP contribution is -2.09. The van der Waals surface area contributed by atoms with E-state index in [4.69, 9.17) is 18.9 Å². The second-order valence-corrected chi connectivity index (χ2v) is 17.0. The van der Waals surface area contributed by atoms with E-state index in [-0.39, 0.29) is 27.7 Å². The molecule has 4 aromatic rings. The minimum absolute atomic E-state index is 0.0751. The molecule has 0 radical (unpaired) electrons. The Hall–Kier alpha value is -3.86. The minimum Gasteiger partial charge on any atom is -0.494 e. The van der Waals surface area contributed by atoms with Gasteiger partial charge in [-0.05, 0) is 103 Å². The zero-order chi connectivity index (χ0) is 32.8. The van der Waals surface area contributed by atoms with Gasteiger partial charge in [0, 0.05) is 18.9 Å². The first kappa shape index (κ1) is 34.0. The highest BCUT2D eigenvalue weighted by atomic mass is 32.2. The first-order valence-corrected chi connectivity index (χ1v) is 19.5. The molecule has 10 nitrogen and oxygen atoms in total. The van der Waals surface area contributed by atoms with Gasteiger partial charge in [0.15, 0.2) is 19.7 Å². The Morgan fingerprint density at radius 3 is 1.71 bits per heavy atom. The number of sulfone groups is 2. The zero-order valence-electron chi connectivity index (χ0n) is 25.1. The molecule has 0 heterocycles. The first-order chi connectivity index (χ1) is 21.1. The number of hydrogen-bond donors (Lipinski definition) is 1. The first-order valence-electron chi connectivity index (χ1n) is 14.1. The quantitative estimate of drug-likeness (QED) is 0.102. The second-order valence-electron chi connectivity index (χ2n) is 10.7. The standard InChI is InChI=1S/C32H35O10PS2/c1-23(24-8-9-26-22-29(11-10-25(26)21-24)40-20-6-4-5-7-32(33)34)43(35,41-27-12-16-30(17-13-27)44(2,36)37)42-28-14-18-31(19-15-28)45(3,38)39/h8-19,21-23H,4-7,20H2,1-3H3,(H,33,34). The number of ether oxygens (including phenoxy) is 1. The van der Waals surface area contributed by atoms with E-state index >= 15 is 0 Å². The predicted molar refractivity (Wildman–Crippen MR) is 172 cm³/mol. The molecule has 1 atom stereocenters. The van der Waals surface area contributed by atoms with Crippen molar-refractivity contribution in [1.29, 1.82) is 0 Å². The molecular formula is C32H35O10PS2. The van der Waals surface area contributed by atoms with Crippen LogP contribution in [0.2, 0.25) is 0 Å². The summed E-state index contributed by atoms with van der Waals surface area (Å²) >= 11 is 0. The number of benzene rings is 4. The molecule has 13 heteroatoms. The molecule has 1 unspecified atom stereocenters. The van der Waals surface area contributed by atoms with E-state index in [1.54, 1.807) is 6.92 Å². The fourth-order valence-electron chi connectivity index (χ4n) is 4.49. The molecule has 0 fully saturated rings. The van der Waals surface area contributed by atoms with Crippen LogP contribution < -0.4 is 13.8 Å². The number of carboxylic acid groups (broad SMARTS) is 1. The van der Waals surface area contributed by atoms with Gasteiger partial charge in [0.1, 0.15) is 22.9 Å². The van der Waals surface area contributed by atoms with Crippen LogP contribution in [0, 0.1) is 0 Å². The van der Waals surface area contributed by atoms with E-state index in [0.717, 1.165) is 36.1 Å². The van der Waals surface area contributed by atoms with Crippen LogP contribution in [0.3, 0.4) is 0 Å². The van der Waals surface area contributed by atoms with Gasteiger partial charge in [-0.15, -0.1) is 0 Å². The summed E-state index contributed by atoms with van der Waals surface area (Å²) in [5.41, 5.74) is -0.147. The minimum atomic E-state index is -4.07. The maximum Gasteiger partial charge on any atom is 0.437 e. The van der Waals surface area contributed by atoms with Crippen LogP contribution in [0.15, 0.2) is 94.7 Å². The van der Waals surface area contributed by atoms with Gasteiger partial charge in [-0.2, -0.15) is 0 Å². The lowest BCUT2D eigenvalue weighted by atomic mass is 10.1. The third kappa shape index (κ3) is 9.32. The highest BCUT2D eigenvalue weighted by Gasteiger charge is 2.37. The van der Waals surface area contributed by atoms with Crippen LogP contribution >= 0.6 is 7.60 Å². The Kier molecular flexibility index (Phi) is 10.6. The number of aliphatic carboxylic acids is 1. The fraction of sp³-hybridized carbons (Fsp3) is 0.281. The number of fused-ring (bicyclic) bond motifs is 1. The van der Waals surface area contributed by atoms with Gasteiger partial charge in [0.2, 0.25) is 0 Å². The van der Waals surface area contributed by atoms with Crippen molar-refractivity contribution in [2.75, 3.05) is 19.1 Å². The molecule has 0 amide bonds. The van der Waals surface area contributed by atoms with Crippen LogP contribution in [0.4, 0.5) is 0 Å². The molecule has 0 aromatic heterocycles. The van der Waals surface area contributed by atoms with E-state index in [1.807, 2.05) is 36.4 Å². The maximum absolute atomic E-state index is 14.5. The molecule has 240 valence electrons. The van der Waals surface area contributed by atoms with Crippen LogP contribution in [-0.2, 0) is 29.0 Å². The summed E-state index contributed by atoms with van der Waals surface area (Å²) in [7, 11) is -11.0. The van der Waals surface area contributed by atoms with Crippen LogP contribution in [-0.4, -0.2) is 47.0 Å². The monoisotopic (exact) mass is 674 g/mol. The number of unbranched alkanes of at least 4 members (excludes halogenated alkanes) is 2. The lowest BCUT2D eigenvalue weighted by molar-refractivity contribution is -0.137. The average molecular weight is 675 g/mol. The average Bonchev–Trinajstić information content (AvgIpc) is 2.97. The van der Waals surface area contributed by atoms with Gasteiger partial charge in [-0.3, -0.25) is 4.79 Å². The summed E-state index contributed by atoms with van der Waals surface area (Å²) in [5, 5.41) is 10.5. The zero-order valence-corrected chi connectivity index (χ0v) is 27.6. The van der Waals surface area contributed by atoms with Crippen molar-refractivity contribution < 1.29 is 45.1 Å². The maximum atomic E-state index is 14.5. The van der Waals surface area contributed by atoms with Crippen molar-refractivity contribution >= 4 is 44.0 Å². The lowest BCUT2D eigenvalue weighted by Gasteiger charge is -2.26. The second kappa shape index (κ2) is 14.1. The summed E-state index contributed by atoms with van der Waals surface area (Å²) in [5.74, 6) is 0.140. The van der Waals surface area contributed by atoms with Crippen molar-refractivity contribution in [2.45, 2.75) is 48.1 Å². The molecule has 0 saturated carbocycles. The van der Waals surface area contributed by atoms with E-state index in [2.05, 4.69) is 0 Å². The van der Waals surface area contributed by atoms with Gasteiger partial charge >= 0.3 is 13.6 Å². The van der Waals surface area contributed by atoms with E-state index in [9.17, 15) is 26.2 Å². The van der Waals surface area contributed by atoms with E-state index < -0.39 is 38.9 Å². The number of rotatable bonds is 15. The molecule has 0 aliphatic carbocycles. The topological polar surface area (TPSA) is 150 Å². The molecular weight excluding hydrogens is 639 g/mol. The Bertz CT molecular complexity index is 1840. The van der Waals surface area contributed by atoms with Crippen molar-refractivity contribution in [2.24, 2.45) is 0 Å². The highest BCUT2D eigenvalue weighted by Crippen LogP contribution is 2.60. The summed E-state index contributed by atoms with van der Waals surface area (Å²) in [6, 6.07) is 22.2. The number of carbonyl (C=O) groups is 1. The Labute approximate surface area is 263 Å². The van der Waals surface area contributed by atoms with Crippen molar-refractivity contribution in [3.8, 4) is 17.2 Å². The third-order valence-electron chi connectivity index (χ3n) is 7.07. The molecule has 0 bridgehead atoms. The summed E-state index contributed by atoms with van der Waals surface area (Å²) < 4.78 is 79.9. The molecule has 0 spiro atoms. The summed E-state index contributed by atoms with van der Waals surface area (Å²) in [4.78, 5) is 10.8. The summed E-state index contributed by atoms with van der Waals surface area (Å²) in [6.45, 7) is 2.16. The van der Waals surface area contributed by atoms with Crippen LogP contribution in [0.25, 0.3) is 10.8 Å². The molecule has 4 rings (SSSR count). The molecule has 0 aliphatic rings. The number of hydrogen-bond acceptors (Lipinski definition) is 9. The van der Waals surface area contributed by atoms with Crippen molar-refractivity contribution in [1.82, 2.24) is 0 Å². The molecule has 0 aliphatic heterocycles. The smallest absolute Gasteiger partial charge is 0.437 e. The van der Waals surface area contributed by atoms with Crippen LogP contribution in [0.1, 0.15) is 43.8 Å². The number of carboxylic acids is 1. The van der Waals surface area contributed by atoms with E-state index in [1.165, 1.54) is 48.5 Å². The van der Waals surface area contributed by atoms with Gasteiger partial charge in [-0.25, -0.2) is 21.4 Å². The van der Waals surface area contributed by atoms with Gasteiger partial charge in [0.25, 0.3) is 0 Å². The summed E-state index contributed by atoms with van der Waals surface area (Å²) in [6.07, 6.45) is 4.41. The molecule has 1 N–H and O–H groups in total. The van der Waals surface area contributed by atoms with E-state index in [0.29, 0.717) is 24.3 Å². The van der Waals surface area contributed by atoms with Gasteiger partial charge < -0.3 is 18.9 Å². The van der Waals surface area contributed by atoms with Gasteiger partial charge in [-0.1, -0.05) is 24.3 Å².